The van der Waals surface area contributed by atoms with Crippen LogP contribution in [0.5, 0.6) is 0 Å². The van der Waals surface area contributed by atoms with Gasteiger partial charge in [-0.25, -0.2) is 9.97 Å². The summed E-state index contributed by atoms with van der Waals surface area (Å²) in [6.07, 6.45) is 7.23. The van der Waals surface area contributed by atoms with Gasteiger partial charge in [0.05, 0.1) is 0 Å². The number of aryl methyl sites for hydroxylation is 1. The molecule has 5 nitrogen and oxygen atoms in total. The van der Waals surface area contributed by atoms with Crippen molar-refractivity contribution in [2.45, 2.75) is 25.7 Å². The molecule has 5 heteroatoms. The highest BCUT2D eigenvalue weighted by molar-refractivity contribution is 5.78. The third kappa shape index (κ3) is 4.54. The summed E-state index contributed by atoms with van der Waals surface area (Å²) in [7, 11) is 0. The molecule has 2 aromatic rings. The number of hydrogen-bond acceptors (Lipinski definition) is 4. The molecule has 1 N–H and O–H groups in total. The minimum atomic E-state index is 0.113. The van der Waals surface area contributed by atoms with Gasteiger partial charge in [0.25, 0.3) is 0 Å². The van der Waals surface area contributed by atoms with E-state index in [0.717, 1.165) is 51.3 Å². The summed E-state index contributed by atoms with van der Waals surface area (Å²) in [5.74, 6) is 1.07. The van der Waals surface area contributed by atoms with Gasteiger partial charge in [-0.15, -0.1) is 0 Å². The molecule has 0 aliphatic carbocycles. The predicted molar refractivity (Wildman–Crippen MR) is 94.7 cm³/mol. The molecular formula is C19H24N4O. The number of amides is 1. The molecule has 1 aliphatic heterocycles. The number of piperidine rings is 1. The highest BCUT2D eigenvalue weighted by Gasteiger charge is 2.25. The zero-order valence-electron chi connectivity index (χ0n) is 13.9. The van der Waals surface area contributed by atoms with Gasteiger partial charge in [0.2, 0.25) is 11.9 Å². The summed E-state index contributed by atoms with van der Waals surface area (Å²) in [6, 6.07) is 12.2. The number of rotatable bonds is 6. The maximum atomic E-state index is 12.3. The number of carbonyl (C=O) groups excluding carboxylic acids is 1. The van der Waals surface area contributed by atoms with Gasteiger partial charge in [0.1, 0.15) is 0 Å². The molecule has 0 unspecified atom stereocenters. The van der Waals surface area contributed by atoms with Crippen LogP contribution in [0.1, 0.15) is 24.8 Å². The molecule has 0 radical (unpaired) electrons. The van der Waals surface area contributed by atoms with E-state index in [1.165, 1.54) is 5.56 Å². The third-order valence-corrected chi connectivity index (χ3v) is 4.49. The van der Waals surface area contributed by atoms with Crippen LogP contribution in [0.2, 0.25) is 0 Å². The van der Waals surface area contributed by atoms with Crippen LogP contribution in [-0.4, -0.2) is 35.5 Å². The smallest absolute Gasteiger partial charge is 0.225 e. The van der Waals surface area contributed by atoms with E-state index in [9.17, 15) is 4.79 Å². The third-order valence-electron chi connectivity index (χ3n) is 4.49. The van der Waals surface area contributed by atoms with Gasteiger partial charge in [0, 0.05) is 37.9 Å². The SMILES string of the molecule is O=C(NCCCc1ccccc1)C1CCN(c2ncccn2)CC1. The number of nitrogens with one attached hydrogen (secondary N) is 1. The van der Waals surface area contributed by atoms with E-state index < -0.39 is 0 Å². The first-order valence-electron chi connectivity index (χ1n) is 8.66. The van der Waals surface area contributed by atoms with Crippen LogP contribution < -0.4 is 10.2 Å². The monoisotopic (exact) mass is 324 g/mol. The molecule has 0 atom stereocenters. The van der Waals surface area contributed by atoms with Gasteiger partial charge < -0.3 is 10.2 Å². The van der Waals surface area contributed by atoms with Crippen molar-refractivity contribution in [1.82, 2.24) is 15.3 Å². The number of nitrogens with zero attached hydrogens (tertiary/aromatic N) is 3. The maximum Gasteiger partial charge on any atom is 0.225 e. The minimum absolute atomic E-state index is 0.113. The molecule has 1 aromatic heterocycles. The summed E-state index contributed by atoms with van der Waals surface area (Å²) < 4.78 is 0. The quantitative estimate of drug-likeness (QED) is 0.829. The van der Waals surface area contributed by atoms with Crippen LogP contribution in [0.3, 0.4) is 0 Å². The fourth-order valence-electron chi connectivity index (χ4n) is 3.09. The average molecular weight is 324 g/mol. The highest BCUT2D eigenvalue weighted by atomic mass is 16.1. The van der Waals surface area contributed by atoms with Gasteiger partial charge >= 0.3 is 0 Å². The van der Waals surface area contributed by atoms with Crippen LogP contribution in [0.4, 0.5) is 5.95 Å². The lowest BCUT2D eigenvalue weighted by Gasteiger charge is -2.31. The van der Waals surface area contributed by atoms with Crippen molar-refractivity contribution < 1.29 is 4.79 Å². The Morgan fingerprint density at radius 3 is 2.50 bits per heavy atom. The van der Waals surface area contributed by atoms with Crippen molar-refractivity contribution in [2.75, 3.05) is 24.5 Å². The van der Waals surface area contributed by atoms with E-state index in [2.05, 4.69) is 44.5 Å². The van der Waals surface area contributed by atoms with Crippen molar-refractivity contribution in [1.29, 1.82) is 0 Å². The highest BCUT2D eigenvalue weighted by Crippen LogP contribution is 2.20. The number of anilines is 1. The van der Waals surface area contributed by atoms with Crippen LogP contribution in [0.25, 0.3) is 0 Å². The maximum absolute atomic E-state index is 12.3. The molecule has 1 fully saturated rings. The lowest BCUT2D eigenvalue weighted by Crippen LogP contribution is -2.41. The number of aromatic nitrogens is 2. The Balaban J connectivity index is 1.36. The topological polar surface area (TPSA) is 58.1 Å². The van der Waals surface area contributed by atoms with Crippen LogP contribution >= 0.6 is 0 Å². The second-order valence-corrected chi connectivity index (χ2v) is 6.19. The zero-order valence-corrected chi connectivity index (χ0v) is 13.9. The van der Waals surface area contributed by atoms with E-state index in [4.69, 9.17) is 0 Å². The van der Waals surface area contributed by atoms with E-state index in [0.29, 0.717) is 0 Å². The first kappa shape index (κ1) is 16.4. The van der Waals surface area contributed by atoms with Crippen molar-refractivity contribution >= 4 is 11.9 Å². The van der Waals surface area contributed by atoms with Gasteiger partial charge in [-0.05, 0) is 37.3 Å². The van der Waals surface area contributed by atoms with E-state index in [-0.39, 0.29) is 11.8 Å². The molecule has 2 heterocycles. The standard InChI is InChI=1S/C19H24N4O/c24-18(20-11-4-8-16-6-2-1-3-7-16)17-9-14-23(15-10-17)19-21-12-5-13-22-19/h1-3,5-7,12-13,17H,4,8-11,14-15H2,(H,20,24). The molecule has 3 rings (SSSR count). The van der Waals surface area contributed by atoms with Crippen molar-refractivity contribution in [3.05, 3.63) is 54.4 Å². The second kappa shape index (κ2) is 8.43. The molecule has 0 saturated carbocycles. The molecular weight excluding hydrogens is 300 g/mol. The van der Waals surface area contributed by atoms with Crippen molar-refractivity contribution in [2.24, 2.45) is 5.92 Å². The Bertz CT molecular complexity index is 624. The Labute approximate surface area is 143 Å². The Morgan fingerprint density at radius 2 is 1.79 bits per heavy atom. The molecule has 24 heavy (non-hydrogen) atoms. The molecule has 0 bridgehead atoms. The Kier molecular flexibility index (Phi) is 5.77. The lowest BCUT2D eigenvalue weighted by molar-refractivity contribution is -0.125. The number of benzene rings is 1. The first-order chi connectivity index (χ1) is 11.8. The Morgan fingerprint density at radius 1 is 1.08 bits per heavy atom. The molecule has 1 saturated heterocycles. The van der Waals surface area contributed by atoms with Gasteiger partial charge in [-0.2, -0.15) is 0 Å². The largest absolute Gasteiger partial charge is 0.356 e. The zero-order chi connectivity index (χ0) is 16.6. The van der Waals surface area contributed by atoms with Gasteiger partial charge in [-0.3, -0.25) is 4.79 Å². The molecule has 1 aliphatic rings. The van der Waals surface area contributed by atoms with Crippen LogP contribution in [-0.2, 0) is 11.2 Å². The summed E-state index contributed by atoms with van der Waals surface area (Å²) in [5.41, 5.74) is 1.32. The summed E-state index contributed by atoms with van der Waals surface area (Å²) in [5, 5.41) is 3.09. The average Bonchev–Trinajstić information content (AvgIpc) is 2.67. The molecule has 1 aromatic carbocycles. The fourth-order valence-corrected chi connectivity index (χ4v) is 3.09. The number of hydrogen-bond donors (Lipinski definition) is 1. The van der Waals surface area contributed by atoms with E-state index in [1.54, 1.807) is 12.4 Å². The number of carbonyl (C=O) groups is 1. The van der Waals surface area contributed by atoms with Crippen LogP contribution in [0.15, 0.2) is 48.8 Å². The van der Waals surface area contributed by atoms with E-state index >= 15 is 0 Å². The predicted octanol–water partition coefficient (Wildman–Crippen LogP) is 2.44. The van der Waals surface area contributed by atoms with Crippen LogP contribution in [0, 0.1) is 5.92 Å². The second-order valence-electron chi connectivity index (χ2n) is 6.19. The summed E-state index contributed by atoms with van der Waals surface area (Å²) in [6.45, 7) is 2.42. The van der Waals surface area contributed by atoms with E-state index in [1.807, 2.05) is 12.1 Å². The molecule has 0 spiro atoms. The van der Waals surface area contributed by atoms with Gasteiger partial charge in [0.15, 0.2) is 0 Å². The Hall–Kier alpha value is -2.43. The van der Waals surface area contributed by atoms with Gasteiger partial charge in [-0.1, -0.05) is 30.3 Å². The minimum Gasteiger partial charge on any atom is -0.356 e. The summed E-state index contributed by atoms with van der Waals surface area (Å²) >= 11 is 0. The van der Waals surface area contributed by atoms with Crippen molar-refractivity contribution in [3.63, 3.8) is 0 Å². The summed E-state index contributed by atoms with van der Waals surface area (Å²) in [4.78, 5) is 23.0. The lowest BCUT2D eigenvalue weighted by atomic mass is 9.96. The molecule has 1 amide bonds. The molecule has 126 valence electrons. The van der Waals surface area contributed by atoms with Crippen molar-refractivity contribution in [3.8, 4) is 0 Å². The first-order valence-corrected chi connectivity index (χ1v) is 8.66. The fraction of sp³-hybridized carbons (Fsp3) is 0.421. The normalized spacial score (nSPS) is 15.2.